The summed E-state index contributed by atoms with van der Waals surface area (Å²) in [6, 6.07) is 21.2. The van der Waals surface area contributed by atoms with Crippen molar-refractivity contribution >= 4 is 66.5 Å². The van der Waals surface area contributed by atoms with Gasteiger partial charge in [0.2, 0.25) is 0 Å². The van der Waals surface area contributed by atoms with Crippen molar-refractivity contribution in [3.63, 3.8) is 0 Å². The van der Waals surface area contributed by atoms with E-state index >= 15 is 0 Å². The molecule has 0 bridgehead atoms. The highest BCUT2D eigenvalue weighted by atomic mass is 79.9. The molecule has 1 aliphatic heterocycles. The van der Waals surface area contributed by atoms with E-state index in [1.165, 1.54) is 11.8 Å². The molecule has 156 valence electrons. The van der Waals surface area contributed by atoms with Crippen LogP contribution in [0.1, 0.15) is 16.7 Å². The van der Waals surface area contributed by atoms with Crippen LogP contribution in [0.5, 0.6) is 5.75 Å². The number of rotatable bonds is 4. The number of hydrogen-bond acceptors (Lipinski definition) is 4. The molecule has 1 aliphatic rings. The highest BCUT2D eigenvalue weighted by Crippen LogP contribution is 2.39. The van der Waals surface area contributed by atoms with E-state index in [1.54, 1.807) is 23.1 Å². The van der Waals surface area contributed by atoms with E-state index in [-0.39, 0.29) is 11.7 Å². The van der Waals surface area contributed by atoms with E-state index < -0.39 is 0 Å². The van der Waals surface area contributed by atoms with Crippen molar-refractivity contribution in [3.05, 3.63) is 97.3 Å². The maximum absolute atomic E-state index is 13.3. The molecule has 3 aromatic carbocycles. The van der Waals surface area contributed by atoms with Gasteiger partial charge in [0, 0.05) is 10.0 Å². The lowest BCUT2D eigenvalue weighted by Gasteiger charge is -2.15. The van der Waals surface area contributed by atoms with Crippen LogP contribution in [0.3, 0.4) is 0 Å². The minimum atomic E-state index is -0.143. The van der Waals surface area contributed by atoms with Crippen LogP contribution >= 0.6 is 43.6 Å². The Morgan fingerprint density at radius 3 is 2.48 bits per heavy atom. The summed E-state index contributed by atoms with van der Waals surface area (Å²) < 4.78 is 1.35. The minimum absolute atomic E-state index is 0.0858. The summed E-state index contributed by atoms with van der Waals surface area (Å²) in [7, 11) is 0. The Hall–Kier alpha value is -2.35. The molecule has 1 saturated heterocycles. The second-order valence-corrected chi connectivity index (χ2v) is 9.82. The third-order valence-corrected chi connectivity index (χ3v) is 6.74. The van der Waals surface area contributed by atoms with Crippen LogP contribution in [0.4, 0.5) is 5.69 Å². The number of aromatic hydroxyl groups is 1. The normalized spacial score (nSPS) is 16.5. The quantitative estimate of drug-likeness (QED) is 0.350. The first kappa shape index (κ1) is 21.9. The van der Waals surface area contributed by atoms with Gasteiger partial charge in [0.15, 0.2) is 5.17 Å². The second kappa shape index (κ2) is 9.42. The van der Waals surface area contributed by atoms with E-state index in [9.17, 15) is 9.90 Å². The molecule has 1 heterocycles. The fourth-order valence-corrected chi connectivity index (χ4v) is 5.31. The number of halogens is 2. The van der Waals surface area contributed by atoms with Gasteiger partial charge >= 0.3 is 0 Å². The number of carbonyl (C=O) groups excluding carboxylic acids is 1. The first-order chi connectivity index (χ1) is 14.9. The van der Waals surface area contributed by atoms with Crippen molar-refractivity contribution in [3.8, 4) is 5.75 Å². The van der Waals surface area contributed by atoms with Crippen LogP contribution in [0.15, 0.2) is 85.6 Å². The standard InChI is InChI=1S/C24H18Br2N2O2S/c1-15-7-9-19(10-8-15)27-24-28(14-16-5-3-2-4-6-16)23(30)21(31-24)12-17-11-18(25)13-20(26)22(17)29/h2-13,29H,14H2,1H3/b21-12+,27-24?. The Labute approximate surface area is 202 Å². The molecule has 31 heavy (non-hydrogen) atoms. The number of carbonyl (C=O) groups is 1. The van der Waals surface area contributed by atoms with E-state index in [1.807, 2.05) is 61.5 Å². The van der Waals surface area contributed by atoms with Crippen LogP contribution in [0.2, 0.25) is 0 Å². The van der Waals surface area contributed by atoms with Gasteiger partial charge in [-0.05, 0) is 70.5 Å². The lowest BCUT2D eigenvalue weighted by atomic mass is 10.2. The smallest absolute Gasteiger partial charge is 0.267 e. The number of amidine groups is 1. The third-order valence-electron chi connectivity index (χ3n) is 4.67. The monoisotopic (exact) mass is 556 g/mol. The summed E-state index contributed by atoms with van der Waals surface area (Å²) in [5.41, 5.74) is 3.50. The number of aryl methyl sites for hydroxylation is 1. The largest absolute Gasteiger partial charge is 0.506 e. The number of benzene rings is 3. The van der Waals surface area contributed by atoms with Gasteiger partial charge in [-0.15, -0.1) is 0 Å². The molecule has 0 saturated carbocycles. The average molecular weight is 558 g/mol. The molecule has 0 radical (unpaired) electrons. The number of nitrogens with zero attached hydrogens (tertiary/aromatic N) is 2. The Kier molecular flexibility index (Phi) is 6.65. The summed E-state index contributed by atoms with van der Waals surface area (Å²) in [4.78, 5) is 20.2. The van der Waals surface area contributed by atoms with Gasteiger partial charge in [-0.3, -0.25) is 9.69 Å². The van der Waals surface area contributed by atoms with Crippen molar-refractivity contribution < 1.29 is 9.90 Å². The van der Waals surface area contributed by atoms with E-state index in [4.69, 9.17) is 4.99 Å². The molecule has 3 aromatic rings. The van der Waals surface area contributed by atoms with Gasteiger partial charge in [0.05, 0.1) is 21.6 Å². The number of amides is 1. The number of hydrogen-bond donors (Lipinski definition) is 1. The van der Waals surface area contributed by atoms with E-state index in [2.05, 4.69) is 31.9 Å². The highest BCUT2D eigenvalue weighted by molar-refractivity contribution is 9.11. The topological polar surface area (TPSA) is 52.9 Å². The van der Waals surface area contributed by atoms with Crippen molar-refractivity contribution in [1.82, 2.24) is 4.90 Å². The van der Waals surface area contributed by atoms with Crippen LogP contribution in [0, 0.1) is 6.92 Å². The number of phenolic OH excluding ortho intramolecular Hbond substituents is 1. The molecule has 0 unspecified atom stereocenters. The fraction of sp³-hybridized carbons (Fsp3) is 0.0833. The van der Waals surface area contributed by atoms with Crippen molar-refractivity contribution in [2.75, 3.05) is 0 Å². The van der Waals surface area contributed by atoms with Gasteiger partial charge in [-0.1, -0.05) is 64.0 Å². The second-order valence-electron chi connectivity index (χ2n) is 7.04. The first-order valence-corrected chi connectivity index (χ1v) is 11.9. The Morgan fingerprint density at radius 1 is 1.06 bits per heavy atom. The van der Waals surface area contributed by atoms with Crippen LogP contribution in [0.25, 0.3) is 6.08 Å². The van der Waals surface area contributed by atoms with Gasteiger partial charge in [0.1, 0.15) is 5.75 Å². The Balaban J connectivity index is 1.74. The predicted octanol–water partition coefficient (Wildman–Crippen LogP) is 7.03. The molecular weight excluding hydrogens is 540 g/mol. The first-order valence-electron chi connectivity index (χ1n) is 9.49. The predicted molar refractivity (Wildman–Crippen MR) is 134 cm³/mol. The van der Waals surface area contributed by atoms with Crippen LogP contribution in [-0.2, 0) is 11.3 Å². The molecule has 4 rings (SSSR count). The SMILES string of the molecule is Cc1ccc(N=C2S/C(=C/c3cc(Br)cc(Br)c3O)C(=O)N2Cc2ccccc2)cc1. The fourth-order valence-electron chi connectivity index (χ4n) is 3.06. The molecule has 0 spiro atoms. The maximum atomic E-state index is 13.3. The zero-order valence-electron chi connectivity index (χ0n) is 16.5. The summed E-state index contributed by atoms with van der Waals surface area (Å²) in [5.74, 6) is -0.0576. The molecule has 1 N–H and O–H groups in total. The zero-order chi connectivity index (χ0) is 22.0. The van der Waals surface area contributed by atoms with E-state index in [0.29, 0.717) is 26.7 Å². The number of aliphatic imine (C=N–C) groups is 1. The van der Waals surface area contributed by atoms with Gasteiger partial charge in [-0.25, -0.2) is 4.99 Å². The zero-order valence-corrected chi connectivity index (χ0v) is 20.5. The molecule has 0 aromatic heterocycles. The molecule has 0 aliphatic carbocycles. The van der Waals surface area contributed by atoms with Gasteiger partial charge in [0.25, 0.3) is 5.91 Å². The van der Waals surface area contributed by atoms with E-state index in [0.717, 1.165) is 21.3 Å². The van der Waals surface area contributed by atoms with Gasteiger partial charge < -0.3 is 5.11 Å². The summed E-state index contributed by atoms with van der Waals surface area (Å²) in [6.07, 6.45) is 1.70. The number of thioether (sulfide) groups is 1. The van der Waals surface area contributed by atoms with Gasteiger partial charge in [-0.2, -0.15) is 0 Å². The van der Waals surface area contributed by atoms with Crippen molar-refractivity contribution in [1.29, 1.82) is 0 Å². The highest BCUT2D eigenvalue weighted by Gasteiger charge is 2.33. The summed E-state index contributed by atoms with van der Waals surface area (Å²) >= 11 is 8.08. The van der Waals surface area contributed by atoms with Crippen LogP contribution in [-0.4, -0.2) is 21.1 Å². The average Bonchev–Trinajstić information content (AvgIpc) is 3.03. The summed E-state index contributed by atoms with van der Waals surface area (Å²) in [5, 5.41) is 11.0. The third kappa shape index (κ3) is 5.11. The Morgan fingerprint density at radius 2 is 1.77 bits per heavy atom. The molecule has 7 heteroatoms. The van der Waals surface area contributed by atoms with Crippen molar-refractivity contribution in [2.45, 2.75) is 13.5 Å². The molecular formula is C24H18Br2N2O2S. The number of phenols is 1. The van der Waals surface area contributed by atoms with Crippen LogP contribution < -0.4 is 0 Å². The lowest BCUT2D eigenvalue weighted by Crippen LogP contribution is -2.28. The van der Waals surface area contributed by atoms with Crippen molar-refractivity contribution in [2.24, 2.45) is 4.99 Å². The minimum Gasteiger partial charge on any atom is -0.506 e. The molecule has 1 fully saturated rings. The lowest BCUT2D eigenvalue weighted by molar-refractivity contribution is -0.122. The summed E-state index contributed by atoms with van der Waals surface area (Å²) in [6.45, 7) is 2.44. The molecule has 0 atom stereocenters. The molecule has 4 nitrogen and oxygen atoms in total. The maximum Gasteiger partial charge on any atom is 0.267 e. The molecule has 1 amide bonds. The Bertz CT molecular complexity index is 1190.